The van der Waals surface area contributed by atoms with Crippen LogP contribution in [0, 0.1) is 0 Å². The Morgan fingerprint density at radius 2 is 2.18 bits per heavy atom. The molecule has 2 unspecified atom stereocenters. The Bertz CT molecular complexity index is 1370. The lowest BCUT2D eigenvalue weighted by atomic mass is 9.89. The van der Waals surface area contributed by atoms with E-state index in [9.17, 15) is 9.90 Å². The van der Waals surface area contributed by atoms with Crippen LogP contribution in [0.1, 0.15) is 42.1 Å². The van der Waals surface area contributed by atoms with Crippen LogP contribution in [0.25, 0.3) is 27.9 Å². The summed E-state index contributed by atoms with van der Waals surface area (Å²) in [7, 11) is 1.81. The standard InChI is InChI=1S/C24H27N7O3/c1-25-21-10-19(28-23-16(11-27-31(21)23)24(33)29-18-6-7-20(18)32)17-12-30(14-4-3-9-34-13-14)22-15(17)5-2-8-26-22/h2,5,8,10-12,14,18,20,25,32H,3-4,6-7,9,13H2,1H3,(H,29,33)/t14-,18?,20?/m1/s1. The van der Waals surface area contributed by atoms with Crippen LogP contribution in [0.4, 0.5) is 5.82 Å². The number of hydrogen-bond acceptors (Lipinski definition) is 7. The van der Waals surface area contributed by atoms with Gasteiger partial charge in [0.15, 0.2) is 5.65 Å². The summed E-state index contributed by atoms with van der Waals surface area (Å²) in [5.74, 6) is 0.433. The van der Waals surface area contributed by atoms with Gasteiger partial charge in [-0.25, -0.2) is 9.97 Å². The van der Waals surface area contributed by atoms with Crippen molar-refractivity contribution in [2.45, 2.75) is 43.9 Å². The number of carbonyl (C=O) groups is 1. The molecule has 3 N–H and O–H groups in total. The number of carbonyl (C=O) groups excluding carboxylic acids is 1. The number of aliphatic hydroxyl groups is 1. The lowest BCUT2D eigenvalue weighted by molar-refractivity contribution is 0.0448. The first-order valence-corrected chi connectivity index (χ1v) is 11.7. The number of amides is 1. The van der Waals surface area contributed by atoms with Gasteiger partial charge in [-0.1, -0.05) is 0 Å². The summed E-state index contributed by atoms with van der Waals surface area (Å²) >= 11 is 0. The minimum absolute atomic E-state index is 0.220. The van der Waals surface area contributed by atoms with Crippen LogP contribution in [0.5, 0.6) is 0 Å². The molecule has 1 saturated carbocycles. The molecular formula is C24H27N7O3. The normalized spacial score (nSPS) is 22.6. The zero-order valence-electron chi connectivity index (χ0n) is 18.9. The molecule has 0 spiro atoms. The molecule has 176 valence electrons. The van der Waals surface area contributed by atoms with Gasteiger partial charge in [-0.05, 0) is 37.8 Å². The number of nitrogens with one attached hydrogen (secondary N) is 2. The molecule has 0 bridgehead atoms. The van der Waals surface area contributed by atoms with Gasteiger partial charge in [-0.2, -0.15) is 9.61 Å². The summed E-state index contributed by atoms with van der Waals surface area (Å²) in [5, 5.41) is 21.3. The first-order chi connectivity index (χ1) is 16.6. The number of aliphatic hydroxyl groups excluding tert-OH is 1. The molecule has 34 heavy (non-hydrogen) atoms. The predicted molar refractivity (Wildman–Crippen MR) is 127 cm³/mol. The van der Waals surface area contributed by atoms with E-state index in [1.54, 1.807) is 10.7 Å². The van der Waals surface area contributed by atoms with E-state index in [2.05, 4.69) is 31.5 Å². The number of anilines is 1. The Labute approximate surface area is 196 Å². The van der Waals surface area contributed by atoms with Gasteiger partial charge in [0.1, 0.15) is 17.0 Å². The molecule has 3 atom stereocenters. The fourth-order valence-electron chi connectivity index (χ4n) is 4.84. The average Bonchev–Trinajstić information content (AvgIpc) is 3.48. The number of ether oxygens (including phenoxy) is 1. The van der Waals surface area contributed by atoms with Gasteiger partial charge < -0.3 is 25.0 Å². The molecule has 2 aliphatic rings. The first kappa shape index (κ1) is 21.1. The summed E-state index contributed by atoms with van der Waals surface area (Å²) in [5.41, 5.74) is 3.39. The highest BCUT2D eigenvalue weighted by atomic mass is 16.5. The van der Waals surface area contributed by atoms with Gasteiger partial charge >= 0.3 is 0 Å². The Kier molecular flexibility index (Phi) is 5.19. The molecule has 1 saturated heterocycles. The highest BCUT2D eigenvalue weighted by molar-refractivity contribution is 6.01. The largest absolute Gasteiger partial charge is 0.391 e. The number of pyridine rings is 1. The Balaban J connectivity index is 1.46. The van der Waals surface area contributed by atoms with E-state index in [1.165, 1.54) is 6.20 Å². The van der Waals surface area contributed by atoms with Gasteiger partial charge in [0, 0.05) is 43.1 Å². The van der Waals surface area contributed by atoms with Crippen LogP contribution in [-0.2, 0) is 4.74 Å². The Morgan fingerprint density at radius 1 is 1.26 bits per heavy atom. The highest BCUT2D eigenvalue weighted by Gasteiger charge is 2.31. The van der Waals surface area contributed by atoms with Gasteiger partial charge in [0.05, 0.1) is 36.7 Å². The molecule has 6 rings (SSSR count). The Morgan fingerprint density at radius 3 is 2.91 bits per heavy atom. The summed E-state index contributed by atoms with van der Waals surface area (Å²) in [6.07, 6.45) is 8.45. The molecule has 1 aliphatic heterocycles. The summed E-state index contributed by atoms with van der Waals surface area (Å²) in [6.45, 7) is 1.46. The minimum Gasteiger partial charge on any atom is -0.391 e. The number of hydrogen-bond donors (Lipinski definition) is 3. The summed E-state index contributed by atoms with van der Waals surface area (Å²) < 4.78 is 9.55. The van der Waals surface area contributed by atoms with Crippen molar-refractivity contribution in [2.24, 2.45) is 0 Å². The van der Waals surface area contributed by atoms with Crippen molar-refractivity contribution in [2.75, 3.05) is 25.6 Å². The quantitative estimate of drug-likeness (QED) is 0.418. The molecule has 10 heteroatoms. The third-order valence-electron chi connectivity index (χ3n) is 6.92. The van der Waals surface area contributed by atoms with E-state index in [4.69, 9.17) is 9.72 Å². The highest BCUT2D eigenvalue weighted by Crippen LogP contribution is 2.34. The van der Waals surface area contributed by atoms with Crippen molar-refractivity contribution in [3.63, 3.8) is 0 Å². The third kappa shape index (κ3) is 3.41. The lowest BCUT2D eigenvalue weighted by Crippen LogP contribution is -2.50. The fraction of sp³-hybridized carbons (Fsp3) is 0.417. The van der Waals surface area contributed by atoms with E-state index in [-0.39, 0.29) is 18.0 Å². The molecule has 4 aromatic heterocycles. The average molecular weight is 462 g/mol. The summed E-state index contributed by atoms with van der Waals surface area (Å²) in [6, 6.07) is 5.90. The van der Waals surface area contributed by atoms with Crippen LogP contribution >= 0.6 is 0 Å². The number of fused-ring (bicyclic) bond motifs is 2. The Hall–Kier alpha value is -3.50. The third-order valence-corrected chi connectivity index (χ3v) is 6.92. The SMILES string of the molecule is CNc1cc(-c2cn([C@@H]3CCCOC3)c3ncccc23)nc2c(C(=O)NC3CCC3O)cnn12. The molecule has 4 aromatic rings. The lowest BCUT2D eigenvalue weighted by Gasteiger charge is -2.32. The van der Waals surface area contributed by atoms with Crippen molar-refractivity contribution in [1.82, 2.24) is 29.5 Å². The van der Waals surface area contributed by atoms with Crippen LogP contribution in [0.2, 0.25) is 0 Å². The topological polar surface area (TPSA) is 119 Å². The van der Waals surface area contributed by atoms with Crippen LogP contribution in [0.3, 0.4) is 0 Å². The zero-order valence-corrected chi connectivity index (χ0v) is 18.9. The smallest absolute Gasteiger partial charge is 0.257 e. The molecule has 5 heterocycles. The van der Waals surface area contributed by atoms with Crippen molar-refractivity contribution in [3.8, 4) is 11.3 Å². The molecule has 0 aromatic carbocycles. The molecule has 2 fully saturated rings. The fourth-order valence-corrected chi connectivity index (χ4v) is 4.84. The van der Waals surface area contributed by atoms with E-state index < -0.39 is 6.10 Å². The summed E-state index contributed by atoms with van der Waals surface area (Å²) in [4.78, 5) is 22.5. The number of aromatic nitrogens is 5. The van der Waals surface area contributed by atoms with Crippen LogP contribution in [0.15, 0.2) is 36.8 Å². The molecular weight excluding hydrogens is 434 g/mol. The second kappa shape index (κ2) is 8.37. The second-order valence-corrected chi connectivity index (χ2v) is 8.99. The van der Waals surface area contributed by atoms with Crippen molar-refractivity contribution in [3.05, 3.63) is 42.4 Å². The molecule has 10 nitrogen and oxygen atoms in total. The van der Waals surface area contributed by atoms with Crippen molar-refractivity contribution < 1.29 is 14.6 Å². The van der Waals surface area contributed by atoms with E-state index in [0.717, 1.165) is 48.2 Å². The van der Waals surface area contributed by atoms with Crippen molar-refractivity contribution >= 4 is 28.4 Å². The van der Waals surface area contributed by atoms with Crippen molar-refractivity contribution in [1.29, 1.82) is 0 Å². The van der Waals surface area contributed by atoms with Gasteiger partial charge in [0.25, 0.3) is 5.91 Å². The van der Waals surface area contributed by atoms with Crippen LogP contribution < -0.4 is 10.6 Å². The predicted octanol–water partition coefficient (Wildman–Crippen LogP) is 2.39. The minimum atomic E-state index is -0.496. The van der Waals surface area contributed by atoms with E-state index >= 15 is 0 Å². The van der Waals surface area contributed by atoms with E-state index in [0.29, 0.717) is 30.1 Å². The maximum Gasteiger partial charge on any atom is 0.257 e. The maximum absolute atomic E-state index is 13.0. The zero-order chi connectivity index (χ0) is 23.2. The second-order valence-electron chi connectivity index (χ2n) is 8.99. The monoisotopic (exact) mass is 461 g/mol. The van der Waals surface area contributed by atoms with Gasteiger partial charge in [-0.15, -0.1) is 0 Å². The van der Waals surface area contributed by atoms with E-state index in [1.807, 2.05) is 25.2 Å². The molecule has 1 amide bonds. The maximum atomic E-state index is 13.0. The van der Waals surface area contributed by atoms with Gasteiger partial charge in [0.2, 0.25) is 0 Å². The molecule has 1 aliphatic carbocycles. The molecule has 0 radical (unpaired) electrons. The number of rotatable bonds is 5. The first-order valence-electron chi connectivity index (χ1n) is 11.7. The number of nitrogens with zero attached hydrogens (tertiary/aromatic N) is 5. The van der Waals surface area contributed by atoms with Crippen LogP contribution in [-0.4, -0.2) is 67.6 Å². The van der Waals surface area contributed by atoms with Gasteiger partial charge in [-0.3, -0.25) is 4.79 Å².